The van der Waals surface area contributed by atoms with Gasteiger partial charge < -0.3 is 15.2 Å². The number of hydrogen-bond acceptors (Lipinski definition) is 3. The van der Waals surface area contributed by atoms with E-state index in [-0.39, 0.29) is 5.60 Å². The zero-order valence-corrected chi connectivity index (χ0v) is 7.72. The summed E-state index contributed by atoms with van der Waals surface area (Å²) in [7, 11) is 0. The average Bonchev–Trinajstić information content (AvgIpc) is 1.99. The fourth-order valence-electron chi connectivity index (χ4n) is 0.580. The molecule has 3 nitrogen and oxygen atoms in total. The molecular formula is C8H19NO2. The highest BCUT2D eigenvalue weighted by Crippen LogP contribution is 2.05. The summed E-state index contributed by atoms with van der Waals surface area (Å²) >= 11 is 0. The minimum atomic E-state index is -0.211. The monoisotopic (exact) mass is 161 g/mol. The second kappa shape index (κ2) is 5.52. The smallest absolute Gasteiger partial charge is 0.0749 e. The van der Waals surface area contributed by atoms with Crippen LogP contribution in [0.25, 0.3) is 0 Å². The maximum atomic E-state index is 5.46. The molecule has 0 radical (unpaired) electrons. The van der Waals surface area contributed by atoms with Crippen molar-refractivity contribution >= 4 is 0 Å². The van der Waals surface area contributed by atoms with E-state index in [1.807, 2.05) is 20.8 Å². The van der Waals surface area contributed by atoms with Crippen molar-refractivity contribution in [3.8, 4) is 0 Å². The van der Waals surface area contributed by atoms with E-state index in [1.165, 1.54) is 0 Å². The molecule has 0 bridgehead atoms. The molecule has 0 amide bonds. The maximum absolute atomic E-state index is 5.46. The summed E-state index contributed by atoms with van der Waals surface area (Å²) in [5, 5.41) is 0. The van der Waals surface area contributed by atoms with Crippen molar-refractivity contribution in [2.75, 3.05) is 26.4 Å². The van der Waals surface area contributed by atoms with Crippen LogP contribution in [0, 0.1) is 0 Å². The summed E-state index contributed by atoms with van der Waals surface area (Å²) < 4.78 is 10.5. The topological polar surface area (TPSA) is 44.5 Å². The predicted octanol–water partition coefficient (Wildman–Crippen LogP) is 0.777. The van der Waals surface area contributed by atoms with Crippen LogP contribution < -0.4 is 5.73 Å². The lowest BCUT2D eigenvalue weighted by Crippen LogP contribution is -2.35. The van der Waals surface area contributed by atoms with Crippen LogP contribution in [0.1, 0.15) is 20.8 Å². The molecule has 0 unspecified atom stereocenters. The molecule has 0 aromatic heterocycles. The SMILES string of the molecule is CCOCCOC(C)(C)CN. The van der Waals surface area contributed by atoms with Crippen LogP contribution in [0.5, 0.6) is 0 Å². The Morgan fingerprint density at radius 3 is 2.36 bits per heavy atom. The average molecular weight is 161 g/mol. The quantitative estimate of drug-likeness (QED) is 0.585. The van der Waals surface area contributed by atoms with Gasteiger partial charge in [-0.25, -0.2) is 0 Å². The molecule has 2 N–H and O–H groups in total. The molecule has 0 aromatic carbocycles. The van der Waals surface area contributed by atoms with Gasteiger partial charge in [0.25, 0.3) is 0 Å². The Labute approximate surface area is 68.9 Å². The third-order valence-corrected chi connectivity index (χ3v) is 1.42. The molecule has 0 saturated carbocycles. The third-order valence-electron chi connectivity index (χ3n) is 1.42. The molecule has 68 valence electrons. The van der Waals surface area contributed by atoms with Crippen LogP contribution in [0.3, 0.4) is 0 Å². The lowest BCUT2D eigenvalue weighted by Gasteiger charge is -2.22. The van der Waals surface area contributed by atoms with Gasteiger partial charge in [0.15, 0.2) is 0 Å². The number of hydrogen-bond donors (Lipinski definition) is 1. The van der Waals surface area contributed by atoms with Gasteiger partial charge in [-0.2, -0.15) is 0 Å². The number of rotatable bonds is 6. The normalized spacial score (nSPS) is 12.0. The van der Waals surface area contributed by atoms with Crippen molar-refractivity contribution in [3.63, 3.8) is 0 Å². The molecule has 11 heavy (non-hydrogen) atoms. The Morgan fingerprint density at radius 1 is 1.27 bits per heavy atom. The van der Waals surface area contributed by atoms with Crippen molar-refractivity contribution in [3.05, 3.63) is 0 Å². The molecule has 0 aliphatic carbocycles. The lowest BCUT2D eigenvalue weighted by molar-refractivity contribution is -0.0386. The minimum Gasteiger partial charge on any atom is -0.379 e. The summed E-state index contributed by atoms with van der Waals surface area (Å²) in [6, 6.07) is 0. The second-order valence-corrected chi connectivity index (χ2v) is 3.01. The van der Waals surface area contributed by atoms with E-state index < -0.39 is 0 Å². The van der Waals surface area contributed by atoms with Gasteiger partial charge in [-0.05, 0) is 20.8 Å². The van der Waals surface area contributed by atoms with E-state index in [2.05, 4.69) is 0 Å². The maximum Gasteiger partial charge on any atom is 0.0749 e. The fraction of sp³-hybridized carbons (Fsp3) is 1.00. The summed E-state index contributed by atoms with van der Waals surface area (Å²) in [4.78, 5) is 0. The summed E-state index contributed by atoms with van der Waals surface area (Å²) in [6.45, 7) is 8.47. The summed E-state index contributed by atoms with van der Waals surface area (Å²) in [5.74, 6) is 0. The highest BCUT2D eigenvalue weighted by Gasteiger charge is 2.14. The Kier molecular flexibility index (Phi) is 5.46. The van der Waals surface area contributed by atoms with Crippen molar-refractivity contribution in [1.29, 1.82) is 0 Å². The first-order valence-electron chi connectivity index (χ1n) is 4.04. The molecule has 0 spiro atoms. The van der Waals surface area contributed by atoms with E-state index in [0.29, 0.717) is 19.8 Å². The zero-order valence-electron chi connectivity index (χ0n) is 7.72. The molecule has 0 aliphatic heterocycles. The van der Waals surface area contributed by atoms with E-state index in [1.54, 1.807) is 0 Å². The van der Waals surface area contributed by atoms with Crippen LogP contribution in [0.4, 0.5) is 0 Å². The molecule has 0 atom stereocenters. The second-order valence-electron chi connectivity index (χ2n) is 3.01. The van der Waals surface area contributed by atoms with E-state index in [4.69, 9.17) is 15.2 Å². The molecule has 0 rings (SSSR count). The molecule has 0 aliphatic rings. The molecule has 0 saturated heterocycles. The van der Waals surface area contributed by atoms with Crippen molar-refractivity contribution in [1.82, 2.24) is 0 Å². The summed E-state index contributed by atoms with van der Waals surface area (Å²) in [6.07, 6.45) is 0. The van der Waals surface area contributed by atoms with Crippen LogP contribution >= 0.6 is 0 Å². The van der Waals surface area contributed by atoms with E-state index in [9.17, 15) is 0 Å². The highest BCUT2D eigenvalue weighted by atomic mass is 16.5. The van der Waals surface area contributed by atoms with Crippen molar-refractivity contribution < 1.29 is 9.47 Å². The van der Waals surface area contributed by atoms with Crippen LogP contribution in [-0.2, 0) is 9.47 Å². The number of nitrogens with two attached hydrogens (primary N) is 1. The minimum absolute atomic E-state index is 0.211. The van der Waals surface area contributed by atoms with Crippen LogP contribution in [0.2, 0.25) is 0 Å². The molecule has 0 fully saturated rings. The Balaban J connectivity index is 3.23. The third kappa shape index (κ3) is 6.28. The van der Waals surface area contributed by atoms with Gasteiger partial charge in [-0.15, -0.1) is 0 Å². The van der Waals surface area contributed by atoms with Gasteiger partial charge in [0, 0.05) is 13.2 Å². The van der Waals surface area contributed by atoms with Crippen molar-refractivity contribution in [2.24, 2.45) is 5.73 Å². The first-order valence-corrected chi connectivity index (χ1v) is 4.04. The van der Waals surface area contributed by atoms with Crippen molar-refractivity contribution in [2.45, 2.75) is 26.4 Å². The summed E-state index contributed by atoms with van der Waals surface area (Å²) in [5.41, 5.74) is 5.24. The molecular weight excluding hydrogens is 142 g/mol. The standard InChI is InChI=1S/C8H19NO2/c1-4-10-5-6-11-8(2,3)7-9/h4-7,9H2,1-3H3. The Morgan fingerprint density at radius 2 is 1.91 bits per heavy atom. The van der Waals surface area contributed by atoms with Crippen LogP contribution in [-0.4, -0.2) is 32.0 Å². The van der Waals surface area contributed by atoms with Gasteiger partial charge in [-0.3, -0.25) is 0 Å². The molecule has 0 aromatic rings. The van der Waals surface area contributed by atoms with Gasteiger partial charge in [0.2, 0.25) is 0 Å². The Bertz CT molecular complexity index is 94.1. The van der Waals surface area contributed by atoms with Crippen LogP contribution in [0.15, 0.2) is 0 Å². The predicted molar refractivity (Wildman–Crippen MR) is 45.6 cm³/mol. The Hall–Kier alpha value is -0.120. The molecule has 3 heteroatoms. The number of ether oxygens (including phenoxy) is 2. The highest BCUT2D eigenvalue weighted by molar-refractivity contribution is 4.68. The van der Waals surface area contributed by atoms with Gasteiger partial charge >= 0.3 is 0 Å². The molecule has 0 heterocycles. The van der Waals surface area contributed by atoms with Gasteiger partial charge in [-0.1, -0.05) is 0 Å². The largest absolute Gasteiger partial charge is 0.379 e. The van der Waals surface area contributed by atoms with E-state index >= 15 is 0 Å². The first-order chi connectivity index (χ1) is 5.12. The zero-order chi connectivity index (χ0) is 8.74. The van der Waals surface area contributed by atoms with E-state index in [0.717, 1.165) is 6.61 Å². The lowest BCUT2D eigenvalue weighted by atomic mass is 10.1. The van der Waals surface area contributed by atoms with Gasteiger partial charge in [0.05, 0.1) is 18.8 Å². The first kappa shape index (κ1) is 10.9. The fourth-order valence-corrected chi connectivity index (χ4v) is 0.580. The van der Waals surface area contributed by atoms with Gasteiger partial charge in [0.1, 0.15) is 0 Å².